The summed E-state index contributed by atoms with van der Waals surface area (Å²) in [5, 5.41) is 8.21. The molecule has 0 fully saturated rings. The number of esters is 1. The lowest BCUT2D eigenvalue weighted by Crippen LogP contribution is -2.19. The number of amides is 2. The van der Waals surface area contributed by atoms with Crippen molar-refractivity contribution in [2.45, 2.75) is 6.61 Å². The number of carbonyl (C=O) groups excluding carboxylic acids is 2. The summed E-state index contributed by atoms with van der Waals surface area (Å²) < 4.78 is 10.4. The van der Waals surface area contributed by atoms with Crippen molar-refractivity contribution in [3.8, 4) is 10.6 Å². The lowest BCUT2D eigenvalue weighted by atomic mass is 10.2. The third-order valence-electron chi connectivity index (χ3n) is 3.04. The molecule has 0 aliphatic heterocycles. The molecule has 0 unspecified atom stereocenters. The number of nitrogens with zero attached hydrogens (tertiary/aromatic N) is 1. The van der Waals surface area contributed by atoms with Gasteiger partial charge in [0.15, 0.2) is 5.76 Å². The Labute approximate surface area is 141 Å². The number of hydrogen-bond donors (Lipinski definition) is 2. The zero-order chi connectivity index (χ0) is 16.9. The van der Waals surface area contributed by atoms with E-state index in [9.17, 15) is 9.59 Å². The highest BCUT2D eigenvalue weighted by molar-refractivity contribution is 7.13. The number of hydrogen-bond acceptors (Lipinski definition) is 6. The van der Waals surface area contributed by atoms with E-state index in [0.29, 0.717) is 22.7 Å². The Morgan fingerprint density at radius 2 is 2.12 bits per heavy atom. The Kier molecular flexibility index (Phi) is 4.57. The molecule has 0 saturated carbocycles. The van der Waals surface area contributed by atoms with E-state index in [1.54, 1.807) is 24.3 Å². The first-order valence-electron chi connectivity index (χ1n) is 6.95. The molecule has 0 aliphatic rings. The number of carbonyl (C=O) groups is 2. The SMILES string of the molecule is NC(=O)Nc1cccc(C(=O)OCc2cc(-c3cccs3)on2)c1. The van der Waals surface area contributed by atoms with Crippen molar-refractivity contribution in [1.29, 1.82) is 0 Å². The molecule has 7 nitrogen and oxygen atoms in total. The summed E-state index contributed by atoms with van der Waals surface area (Å²) in [6, 6.07) is 11.1. The molecule has 24 heavy (non-hydrogen) atoms. The summed E-state index contributed by atoms with van der Waals surface area (Å²) >= 11 is 1.53. The van der Waals surface area contributed by atoms with Gasteiger partial charge in [-0.25, -0.2) is 9.59 Å². The predicted octanol–water partition coefficient (Wildman–Crippen LogP) is 3.25. The van der Waals surface area contributed by atoms with Crippen molar-refractivity contribution in [2.24, 2.45) is 5.73 Å². The molecule has 0 saturated heterocycles. The van der Waals surface area contributed by atoms with Gasteiger partial charge in [-0.2, -0.15) is 0 Å². The van der Waals surface area contributed by atoms with E-state index in [4.69, 9.17) is 15.0 Å². The second kappa shape index (κ2) is 6.97. The summed E-state index contributed by atoms with van der Waals surface area (Å²) in [5.74, 6) is 0.0903. The first-order chi connectivity index (χ1) is 11.6. The summed E-state index contributed by atoms with van der Waals surface area (Å²) in [6.07, 6.45) is 0. The molecule has 2 amide bonds. The van der Waals surface area contributed by atoms with E-state index in [1.807, 2.05) is 17.5 Å². The molecule has 122 valence electrons. The number of anilines is 1. The van der Waals surface area contributed by atoms with Crippen molar-refractivity contribution in [3.05, 3.63) is 59.1 Å². The Hall–Kier alpha value is -3.13. The highest BCUT2D eigenvalue weighted by Crippen LogP contribution is 2.25. The predicted molar refractivity (Wildman–Crippen MR) is 88.6 cm³/mol. The maximum atomic E-state index is 12.1. The quantitative estimate of drug-likeness (QED) is 0.691. The van der Waals surface area contributed by atoms with Gasteiger partial charge in [-0.05, 0) is 29.6 Å². The van der Waals surface area contributed by atoms with Crippen LogP contribution >= 0.6 is 11.3 Å². The van der Waals surface area contributed by atoms with Crippen LogP contribution in [0.15, 0.2) is 52.4 Å². The largest absolute Gasteiger partial charge is 0.455 e. The molecule has 3 aromatic rings. The minimum atomic E-state index is -0.704. The summed E-state index contributed by atoms with van der Waals surface area (Å²) in [7, 11) is 0. The van der Waals surface area contributed by atoms with Crippen molar-refractivity contribution in [3.63, 3.8) is 0 Å². The number of primary amides is 1. The van der Waals surface area contributed by atoms with Crippen LogP contribution < -0.4 is 11.1 Å². The molecule has 3 rings (SSSR count). The van der Waals surface area contributed by atoms with Crippen LogP contribution in [0.1, 0.15) is 16.1 Å². The Morgan fingerprint density at radius 1 is 1.25 bits per heavy atom. The van der Waals surface area contributed by atoms with Crippen LogP contribution in [0.4, 0.5) is 10.5 Å². The van der Waals surface area contributed by atoms with Crippen LogP contribution in [0.3, 0.4) is 0 Å². The number of thiophene rings is 1. The van der Waals surface area contributed by atoms with Gasteiger partial charge in [0.25, 0.3) is 0 Å². The molecule has 8 heteroatoms. The number of urea groups is 1. The molecule has 0 radical (unpaired) electrons. The van der Waals surface area contributed by atoms with E-state index in [2.05, 4.69) is 10.5 Å². The Balaban J connectivity index is 1.62. The second-order valence-electron chi connectivity index (χ2n) is 4.81. The fourth-order valence-corrected chi connectivity index (χ4v) is 2.68. The third-order valence-corrected chi connectivity index (χ3v) is 3.92. The summed E-state index contributed by atoms with van der Waals surface area (Å²) in [6.45, 7) is -0.0127. The second-order valence-corrected chi connectivity index (χ2v) is 5.75. The van der Waals surface area contributed by atoms with Gasteiger partial charge in [0.2, 0.25) is 0 Å². The molecular weight excluding hydrogens is 330 g/mol. The van der Waals surface area contributed by atoms with Gasteiger partial charge in [-0.1, -0.05) is 17.3 Å². The Bertz CT molecular complexity index is 858. The van der Waals surface area contributed by atoms with Gasteiger partial charge >= 0.3 is 12.0 Å². The molecule has 0 atom stereocenters. The maximum Gasteiger partial charge on any atom is 0.338 e. The number of rotatable bonds is 5. The van der Waals surface area contributed by atoms with E-state index in [1.165, 1.54) is 17.4 Å². The summed E-state index contributed by atoms with van der Waals surface area (Å²) in [4.78, 5) is 23.9. The maximum absolute atomic E-state index is 12.1. The van der Waals surface area contributed by atoms with E-state index in [0.717, 1.165) is 4.88 Å². The molecule has 2 heterocycles. The van der Waals surface area contributed by atoms with Crippen LogP contribution in [0.2, 0.25) is 0 Å². The van der Waals surface area contributed by atoms with Gasteiger partial charge in [-0.15, -0.1) is 11.3 Å². The lowest BCUT2D eigenvalue weighted by Gasteiger charge is -2.05. The minimum Gasteiger partial charge on any atom is -0.455 e. The van der Waals surface area contributed by atoms with Gasteiger partial charge in [0.1, 0.15) is 12.3 Å². The number of aromatic nitrogens is 1. The van der Waals surface area contributed by atoms with Crippen molar-refractivity contribution >= 4 is 29.0 Å². The number of benzene rings is 1. The molecule has 0 spiro atoms. The fourth-order valence-electron chi connectivity index (χ4n) is 2.00. The number of ether oxygens (including phenoxy) is 1. The molecule has 3 N–H and O–H groups in total. The van der Waals surface area contributed by atoms with Gasteiger partial charge < -0.3 is 20.3 Å². The molecule has 0 bridgehead atoms. The minimum absolute atomic E-state index is 0.0127. The van der Waals surface area contributed by atoms with Crippen LogP contribution in [0.25, 0.3) is 10.6 Å². The van der Waals surface area contributed by atoms with Gasteiger partial charge in [-0.3, -0.25) is 0 Å². The van der Waals surface area contributed by atoms with Crippen molar-refractivity contribution in [2.75, 3.05) is 5.32 Å². The zero-order valence-electron chi connectivity index (χ0n) is 12.4. The van der Waals surface area contributed by atoms with E-state index < -0.39 is 12.0 Å². The van der Waals surface area contributed by atoms with Gasteiger partial charge in [0.05, 0.1) is 10.4 Å². The third kappa shape index (κ3) is 3.79. The summed E-state index contributed by atoms with van der Waals surface area (Å²) in [5.41, 5.74) is 6.27. The molecule has 2 aromatic heterocycles. The van der Waals surface area contributed by atoms with Crippen LogP contribution in [0.5, 0.6) is 0 Å². The van der Waals surface area contributed by atoms with Crippen LogP contribution in [0, 0.1) is 0 Å². The normalized spacial score (nSPS) is 10.3. The highest BCUT2D eigenvalue weighted by atomic mass is 32.1. The van der Waals surface area contributed by atoms with Crippen LogP contribution in [-0.2, 0) is 11.3 Å². The number of nitrogens with two attached hydrogens (primary N) is 1. The first-order valence-corrected chi connectivity index (χ1v) is 7.83. The Morgan fingerprint density at radius 3 is 2.88 bits per heavy atom. The first kappa shape index (κ1) is 15.8. The van der Waals surface area contributed by atoms with Crippen molar-refractivity contribution in [1.82, 2.24) is 5.16 Å². The van der Waals surface area contributed by atoms with Crippen LogP contribution in [-0.4, -0.2) is 17.2 Å². The molecule has 1 aromatic carbocycles. The molecule has 0 aliphatic carbocycles. The van der Waals surface area contributed by atoms with Crippen molar-refractivity contribution < 1.29 is 18.8 Å². The monoisotopic (exact) mass is 343 g/mol. The lowest BCUT2D eigenvalue weighted by molar-refractivity contribution is 0.0464. The highest BCUT2D eigenvalue weighted by Gasteiger charge is 2.12. The standard InChI is InChI=1S/C16H13N3O4S/c17-16(21)18-11-4-1-3-10(7-11)15(20)22-9-12-8-13(23-19-12)14-5-2-6-24-14/h1-8H,9H2,(H3,17,18,21). The average Bonchev–Trinajstić information content (AvgIpc) is 3.23. The van der Waals surface area contributed by atoms with E-state index >= 15 is 0 Å². The van der Waals surface area contributed by atoms with E-state index in [-0.39, 0.29) is 6.61 Å². The molecular formula is C16H13N3O4S. The average molecular weight is 343 g/mol. The zero-order valence-corrected chi connectivity index (χ0v) is 13.2. The smallest absolute Gasteiger partial charge is 0.338 e. The van der Waals surface area contributed by atoms with Gasteiger partial charge in [0, 0.05) is 11.8 Å². The fraction of sp³-hybridized carbons (Fsp3) is 0.0625. The topological polar surface area (TPSA) is 107 Å². The number of nitrogens with one attached hydrogen (secondary N) is 1.